The molecule has 2 rings (SSSR count). The average molecular weight is 509 g/mol. The van der Waals surface area contributed by atoms with Gasteiger partial charge >= 0.3 is 0 Å². The lowest BCUT2D eigenvalue weighted by Crippen LogP contribution is -2.49. The molecular formula is C26H34Cl2N2O4. The van der Waals surface area contributed by atoms with Crippen LogP contribution in [-0.4, -0.2) is 42.5 Å². The minimum Gasteiger partial charge on any atom is -0.490 e. The number of nitrogens with one attached hydrogen (secondary N) is 1. The number of likely N-dealkylation sites (N-methyl/N-ethyl adjacent to an activating group) is 1. The number of benzene rings is 2. The van der Waals surface area contributed by atoms with E-state index >= 15 is 0 Å². The highest BCUT2D eigenvalue weighted by molar-refractivity contribution is 6.42. The van der Waals surface area contributed by atoms with Crippen molar-refractivity contribution in [2.75, 3.05) is 19.8 Å². The van der Waals surface area contributed by atoms with Crippen molar-refractivity contribution in [1.29, 1.82) is 0 Å². The van der Waals surface area contributed by atoms with Gasteiger partial charge in [-0.3, -0.25) is 9.59 Å². The highest BCUT2D eigenvalue weighted by Gasteiger charge is 2.28. The topological polar surface area (TPSA) is 67.9 Å². The van der Waals surface area contributed by atoms with Crippen molar-refractivity contribution in [3.63, 3.8) is 0 Å². The third-order valence-corrected chi connectivity index (χ3v) is 6.05. The molecule has 0 heterocycles. The molecule has 0 fully saturated rings. The van der Waals surface area contributed by atoms with Crippen LogP contribution in [0.2, 0.25) is 10.0 Å². The van der Waals surface area contributed by atoms with Crippen molar-refractivity contribution in [3.05, 3.63) is 57.6 Å². The lowest BCUT2D eigenvalue weighted by atomic mass is 10.1. The number of amides is 2. The van der Waals surface area contributed by atoms with E-state index < -0.39 is 6.04 Å². The molecule has 2 aromatic rings. The second kappa shape index (κ2) is 14.1. The Morgan fingerprint density at radius 1 is 0.912 bits per heavy atom. The van der Waals surface area contributed by atoms with Gasteiger partial charge in [0, 0.05) is 19.5 Å². The molecule has 186 valence electrons. The third-order valence-electron chi connectivity index (χ3n) is 5.31. The van der Waals surface area contributed by atoms with E-state index in [4.69, 9.17) is 32.7 Å². The first-order valence-corrected chi connectivity index (χ1v) is 12.5. The summed E-state index contributed by atoms with van der Waals surface area (Å²) in [5.41, 5.74) is 1.77. The van der Waals surface area contributed by atoms with E-state index in [0.717, 1.165) is 11.1 Å². The molecule has 0 aliphatic heterocycles. The lowest BCUT2D eigenvalue weighted by molar-refractivity contribution is -0.141. The Morgan fingerprint density at radius 3 is 2.21 bits per heavy atom. The Balaban J connectivity index is 2.24. The predicted molar refractivity (Wildman–Crippen MR) is 137 cm³/mol. The number of carbonyl (C=O) groups excluding carboxylic acids is 2. The molecule has 6 nitrogen and oxygen atoms in total. The molecule has 0 saturated carbocycles. The van der Waals surface area contributed by atoms with Crippen molar-refractivity contribution in [2.45, 2.75) is 59.5 Å². The van der Waals surface area contributed by atoms with Crippen LogP contribution in [0.4, 0.5) is 0 Å². The van der Waals surface area contributed by atoms with Gasteiger partial charge in [-0.25, -0.2) is 0 Å². The van der Waals surface area contributed by atoms with Crippen LogP contribution in [0.25, 0.3) is 0 Å². The summed E-state index contributed by atoms with van der Waals surface area (Å²) in [6.45, 7) is 9.41. The quantitative estimate of drug-likeness (QED) is 0.378. The summed E-state index contributed by atoms with van der Waals surface area (Å²) < 4.78 is 11.3. The first kappa shape index (κ1) is 27.8. The molecule has 2 amide bonds. The molecule has 1 N–H and O–H groups in total. The summed E-state index contributed by atoms with van der Waals surface area (Å²) in [5, 5.41) is 3.70. The standard InChI is InChI=1S/C26H34Cl2N2O4/c1-5-22(26(32)29-6-2)30(17-19-9-12-20(27)21(28)15-19)25(31)14-11-18-10-13-23(33-7-3)24(16-18)34-8-4/h9-10,12-13,15-16,22H,5-8,11,14,17H2,1-4H3,(H,29,32)/t22-/m1/s1. The Labute approximate surface area is 212 Å². The molecule has 0 spiro atoms. The molecule has 8 heteroatoms. The number of ether oxygens (including phenoxy) is 2. The largest absolute Gasteiger partial charge is 0.490 e. The van der Waals surface area contributed by atoms with Crippen LogP contribution in [0.5, 0.6) is 11.5 Å². The fraction of sp³-hybridized carbons (Fsp3) is 0.462. The molecule has 0 bridgehead atoms. The van der Waals surface area contributed by atoms with Crippen LogP contribution in [0.15, 0.2) is 36.4 Å². The summed E-state index contributed by atoms with van der Waals surface area (Å²) in [7, 11) is 0. The first-order valence-electron chi connectivity index (χ1n) is 11.7. The van der Waals surface area contributed by atoms with E-state index in [1.54, 1.807) is 17.0 Å². The molecule has 0 aromatic heterocycles. The van der Waals surface area contributed by atoms with Crippen molar-refractivity contribution in [3.8, 4) is 11.5 Å². The molecule has 34 heavy (non-hydrogen) atoms. The number of hydrogen-bond donors (Lipinski definition) is 1. The maximum absolute atomic E-state index is 13.4. The maximum atomic E-state index is 13.4. The summed E-state index contributed by atoms with van der Waals surface area (Å²) in [6, 6.07) is 10.4. The lowest BCUT2D eigenvalue weighted by Gasteiger charge is -2.30. The second-order valence-electron chi connectivity index (χ2n) is 7.74. The normalized spacial score (nSPS) is 11.6. The van der Waals surface area contributed by atoms with E-state index in [1.165, 1.54) is 0 Å². The average Bonchev–Trinajstić information content (AvgIpc) is 2.81. The summed E-state index contributed by atoms with van der Waals surface area (Å²) in [4.78, 5) is 27.8. The summed E-state index contributed by atoms with van der Waals surface area (Å²) in [5.74, 6) is 1.06. The molecular weight excluding hydrogens is 475 g/mol. The van der Waals surface area contributed by atoms with Crippen LogP contribution in [-0.2, 0) is 22.6 Å². The number of nitrogens with zero attached hydrogens (tertiary/aromatic N) is 1. The van der Waals surface area contributed by atoms with Crippen LogP contribution < -0.4 is 14.8 Å². The smallest absolute Gasteiger partial charge is 0.242 e. The van der Waals surface area contributed by atoms with E-state index in [0.29, 0.717) is 54.1 Å². The fourth-order valence-corrected chi connectivity index (χ4v) is 4.01. The summed E-state index contributed by atoms with van der Waals surface area (Å²) >= 11 is 12.2. The minimum atomic E-state index is -0.582. The number of carbonyl (C=O) groups is 2. The van der Waals surface area contributed by atoms with Crippen LogP contribution >= 0.6 is 23.2 Å². The third kappa shape index (κ3) is 7.81. The van der Waals surface area contributed by atoms with Gasteiger partial charge in [0.2, 0.25) is 11.8 Å². The molecule has 1 atom stereocenters. The summed E-state index contributed by atoms with van der Waals surface area (Å²) in [6.07, 6.45) is 1.25. The van der Waals surface area contributed by atoms with Gasteiger partial charge in [-0.2, -0.15) is 0 Å². The molecule has 0 unspecified atom stereocenters. The van der Waals surface area contributed by atoms with Crippen LogP contribution in [0.1, 0.15) is 51.7 Å². The van der Waals surface area contributed by atoms with Crippen molar-refractivity contribution in [1.82, 2.24) is 10.2 Å². The van der Waals surface area contributed by atoms with E-state index in [-0.39, 0.29) is 24.8 Å². The van der Waals surface area contributed by atoms with Crippen molar-refractivity contribution >= 4 is 35.0 Å². The Bertz CT molecular complexity index is 968. The number of halogens is 2. The number of aryl methyl sites for hydroxylation is 1. The highest BCUT2D eigenvalue weighted by atomic mass is 35.5. The Morgan fingerprint density at radius 2 is 1.59 bits per heavy atom. The predicted octanol–water partition coefficient (Wildman–Crippen LogP) is 5.67. The van der Waals surface area contributed by atoms with E-state index in [1.807, 2.05) is 52.0 Å². The van der Waals surface area contributed by atoms with Crippen LogP contribution in [0, 0.1) is 0 Å². The molecule has 0 aliphatic carbocycles. The second-order valence-corrected chi connectivity index (χ2v) is 8.55. The van der Waals surface area contributed by atoms with Gasteiger partial charge in [-0.05, 0) is 69.0 Å². The first-order chi connectivity index (χ1) is 16.3. The van der Waals surface area contributed by atoms with Gasteiger partial charge in [0.25, 0.3) is 0 Å². The van der Waals surface area contributed by atoms with E-state index in [2.05, 4.69) is 5.32 Å². The van der Waals surface area contributed by atoms with Gasteiger partial charge in [-0.15, -0.1) is 0 Å². The van der Waals surface area contributed by atoms with Crippen molar-refractivity contribution in [2.24, 2.45) is 0 Å². The molecule has 0 aliphatic rings. The Hall–Kier alpha value is -2.44. The van der Waals surface area contributed by atoms with Crippen LogP contribution in [0.3, 0.4) is 0 Å². The van der Waals surface area contributed by atoms with Gasteiger partial charge in [0.15, 0.2) is 11.5 Å². The zero-order valence-electron chi connectivity index (χ0n) is 20.3. The zero-order chi connectivity index (χ0) is 25.1. The van der Waals surface area contributed by atoms with Gasteiger partial charge in [0.05, 0.1) is 23.3 Å². The SMILES string of the molecule is CCNC(=O)[C@@H](CC)N(Cc1ccc(Cl)c(Cl)c1)C(=O)CCc1ccc(OCC)c(OCC)c1. The number of rotatable bonds is 13. The van der Waals surface area contributed by atoms with Gasteiger partial charge in [0.1, 0.15) is 6.04 Å². The van der Waals surface area contributed by atoms with Crippen molar-refractivity contribution < 1.29 is 19.1 Å². The molecule has 0 radical (unpaired) electrons. The van der Waals surface area contributed by atoms with Gasteiger partial charge < -0.3 is 19.7 Å². The highest BCUT2D eigenvalue weighted by Crippen LogP contribution is 2.29. The molecule has 2 aromatic carbocycles. The monoisotopic (exact) mass is 508 g/mol. The fourth-order valence-electron chi connectivity index (χ4n) is 3.69. The molecule has 0 saturated heterocycles. The number of hydrogen-bond acceptors (Lipinski definition) is 4. The Kier molecular flexibility index (Phi) is 11.5. The maximum Gasteiger partial charge on any atom is 0.242 e. The zero-order valence-corrected chi connectivity index (χ0v) is 21.8. The van der Waals surface area contributed by atoms with Gasteiger partial charge in [-0.1, -0.05) is 42.3 Å². The minimum absolute atomic E-state index is 0.115. The van der Waals surface area contributed by atoms with E-state index in [9.17, 15) is 9.59 Å².